The minimum absolute atomic E-state index is 0.0231. The lowest BCUT2D eigenvalue weighted by atomic mass is 9.92. The average molecular weight is 352 g/mol. The number of halogens is 2. The number of Topliss-reactive ketones (excluding diaryl/α,β-unsaturated/α-hetero) is 1. The Morgan fingerprint density at radius 2 is 2.04 bits per heavy atom. The van der Waals surface area contributed by atoms with Crippen molar-refractivity contribution in [3.8, 4) is 0 Å². The molecule has 0 aliphatic heterocycles. The number of rotatable bonds is 5. The van der Waals surface area contributed by atoms with Crippen molar-refractivity contribution in [2.24, 2.45) is 11.8 Å². The van der Waals surface area contributed by atoms with Gasteiger partial charge in [0.05, 0.1) is 0 Å². The SMILES string of the molecule is CCC=C=C[C@@H]1C(=O)CC[C@H]1CC(=O)Nc1cc(Cl)cc(Cl)c1. The fourth-order valence-electron chi connectivity index (χ4n) is 2.76. The fourth-order valence-corrected chi connectivity index (χ4v) is 3.29. The van der Waals surface area contributed by atoms with Gasteiger partial charge in [-0.25, -0.2) is 0 Å². The van der Waals surface area contributed by atoms with E-state index in [0.29, 0.717) is 28.6 Å². The molecule has 1 aliphatic carbocycles. The van der Waals surface area contributed by atoms with Gasteiger partial charge in [0.25, 0.3) is 0 Å². The van der Waals surface area contributed by atoms with Crippen LogP contribution < -0.4 is 5.32 Å². The molecule has 1 fully saturated rings. The van der Waals surface area contributed by atoms with Crippen LogP contribution in [0.5, 0.6) is 0 Å². The van der Waals surface area contributed by atoms with Crippen molar-refractivity contribution in [3.05, 3.63) is 46.1 Å². The summed E-state index contributed by atoms with van der Waals surface area (Å²) in [7, 11) is 0. The summed E-state index contributed by atoms with van der Waals surface area (Å²) >= 11 is 11.8. The van der Waals surface area contributed by atoms with Crippen LogP contribution in [-0.2, 0) is 9.59 Å². The maximum Gasteiger partial charge on any atom is 0.224 e. The summed E-state index contributed by atoms with van der Waals surface area (Å²) in [6.45, 7) is 2.01. The van der Waals surface area contributed by atoms with Crippen molar-refractivity contribution < 1.29 is 9.59 Å². The van der Waals surface area contributed by atoms with Crippen molar-refractivity contribution in [1.29, 1.82) is 0 Å². The fraction of sp³-hybridized carbons (Fsp3) is 0.389. The molecule has 0 heterocycles. The van der Waals surface area contributed by atoms with Crippen molar-refractivity contribution in [2.75, 3.05) is 5.32 Å². The van der Waals surface area contributed by atoms with Gasteiger partial charge in [0.2, 0.25) is 5.91 Å². The molecule has 3 nitrogen and oxygen atoms in total. The molecule has 1 N–H and O–H groups in total. The molecule has 5 heteroatoms. The number of allylic oxidation sites excluding steroid dienone is 1. The molecule has 0 bridgehead atoms. The molecule has 2 atom stereocenters. The Morgan fingerprint density at radius 3 is 2.70 bits per heavy atom. The zero-order valence-electron chi connectivity index (χ0n) is 12.9. The van der Waals surface area contributed by atoms with E-state index < -0.39 is 0 Å². The molecule has 1 saturated carbocycles. The van der Waals surface area contributed by atoms with Crippen molar-refractivity contribution in [2.45, 2.75) is 32.6 Å². The Bertz CT molecular complexity index is 643. The number of amides is 1. The molecule has 1 aliphatic rings. The van der Waals surface area contributed by atoms with Crippen LogP contribution in [0.2, 0.25) is 10.0 Å². The van der Waals surface area contributed by atoms with Crippen LogP contribution in [0.15, 0.2) is 36.1 Å². The standard InChI is InChI=1S/C18H19Cl2NO2/c1-2-3-4-5-16-12(6-7-17(16)22)8-18(23)21-15-10-13(19)9-14(20)11-15/h3,5,9-12,16H,2,6-8H2,1H3,(H,21,23)/t4?,12-,16-/m0/s1. The summed E-state index contributed by atoms with van der Waals surface area (Å²) in [6.07, 6.45) is 6.11. The average Bonchev–Trinajstić information content (AvgIpc) is 2.79. The van der Waals surface area contributed by atoms with Gasteiger partial charge >= 0.3 is 0 Å². The van der Waals surface area contributed by atoms with Gasteiger partial charge in [0, 0.05) is 34.5 Å². The van der Waals surface area contributed by atoms with Crippen LogP contribution in [0.3, 0.4) is 0 Å². The summed E-state index contributed by atoms with van der Waals surface area (Å²) in [4.78, 5) is 24.2. The molecule has 0 radical (unpaired) electrons. The van der Waals surface area contributed by atoms with Crippen LogP contribution in [0, 0.1) is 11.8 Å². The molecule has 122 valence electrons. The Hall–Kier alpha value is -1.54. The molecule has 0 spiro atoms. The summed E-state index contributed by atoms with van der Waals surface area (Å²) in [5.41, 5.74) is 3.60. The lowest BCUT2D eigenvalue weighted by molar-refractivity contribution is -0.120. The van der Waals surface area contributed by atoms with Crippen LogP contribution in [0.4, 0.5) is 5.69 Å². The molecular weight excluding hydrogens is 333 g/mol. The van der Waals surface area contributed by atoms with E-state index in [2.05, 4.69) is 11.0 Å². The van der Waals surface area contributed by atoms with Gasteiger partial charge in [0.15, 0.2) is 0 Å². The van der Waals surface area contributed by atoms with Gasteiger partial charge in [-0.05, 0) is 49.1 Å². The Labute approximate surface area is 146 Å². The monoisotopic (exact) mass is 351 g/mol. The summed E-state index contributed by atoms with van der Waals surface area (Å²) in [6, 6.07) is 4.90. The first-order valence-electron chi connectivity index (χ1n) is 7.69. The van der Waals surface area contributed by atoms with Gasteiger partial charge in [-0.2, -0.15) is 0 Å². The van der Waals surface area contributed by atoms with Crippen molar-refractivity contribution in [3.63, 3.8) is 0 Å². The van der Waals surface area contributed by atoms with E-state index in [-0.39, 0.29) is 23.5 Å². The molecule has 0 saturated heterocycles. The second kappa shape index (κ2) is 8.35. The highest BCUT2D eigenvalue weighted by Gasteiger charge is 2.34. The number of anilines is 1. The van der Waals surface area contributed by atoms with Crippen LogP contribution in [0.25, 0.3) is 0 Å². The smallest absolute Gasteiger partial charge is 0.224 e. The second-order valence-electron chi connectivity index (χ2n) is 5.65. The summed E-state index contributed by atoms with van der Waals surface area (Å²) in [5.74, 6) is -0.145. The molecule has 1 amide bonds. The first kappa shape index (κ1) is 17.8. The normalized spacial score (nSPS) is 20.0. The minimum Gasteiger partial charge on any atom is -0.326 e. The maximum absolute atomic E-state index is 12.2. The van der Waals surface area contributed by atoms with Gasteiger partial charge in [-0.15, -0.1) is 5.73 Å². The topological polar surface area (TPSA) is 46.2 Å². The highest BCUT2D eigenvalue weighted by atomic mass is 35.5. The highest BCUT2D eigenvalue weighted by molar-refractivity contribution is 6.35. The number of hydrogen-bond donors (Lipinski definition) is 1. The second-order valence-corrected chi connectivity index (χ2v) is 6.52. The van der Waals surface area contributed by atoms with Crippen molar-refractivity contribution >= 4 is 40.6 Å². The van der Waals surface area contributed by atoms with E-state index in [1.165, 1.54) is 0 Å². The predicted molar refractivity (Wildman–Crippen MR) is 93.9 cm³/mol. The van der Waals surface area contributed by atoms with E-state index in [0.717, 1.165) is 12.8 Å². The number of carbonyl (C=O) groups excluding carboxylic acids is 2. The van der Waals surface area contributed by atoms with E-state index in [9.17, 15) is 9.59 Å². The lowest BCUT2D eigenvalue weighted by Crippen LogP contribution is -2.20. The van der Waals surface area contributed by atoms with Crippen LogP contribution in [0.1, 0.15) is 32.6 Å². The van der Waals surface area contributed by atoms with E-state index in [1.54, 1.807) is 24.3 Å². The van der Waals surface area contributed by atoms with Crippen molar-refractivity contribution in [1.82, 2.24) is 0 Å². The van der Waals surface area contributed by atoms with Gasteiger partial charge in [0.1, 0.15) is 5.78 Å². The molecule has 1 aromatic carbocycles. The zero-order valence-corrected chi connectivity index (χ0v) is 14.5. The third kappa shape index (κ3) is 5.24. The first-order chi connectivity index (χ1) is 11.0. The molecule has 1 aromatic rings. The molecule has 0 unspecified atom stereocenters. The number of benzene rings is 1. The Kier molecular flexibility index (Phi) is 6.47. The summed E-state index contributed by atoms with van der Waals surface area (Å²) in [5, 5.41) is 3.73. The number of hydrogen-bond acceptors (Lipinski definition) is 2. The Morgan fingerprint density at radius 1 is 1.35 bits per heavy atom. The molecular formula is C18H19Cl2NO2. The minimum atomic E-state index is -0.216. The molecule has 2 rings (SSSR count). The summed E-state index contributed by atoms with van der Waals surface area (Å²) < 4.78 is 0. The number of ketones is 1. The van der Waals surface area contributed by atoms with E-state index in [1.807, 2.05) is 13.0 Å². The quantitative estimate of drug-likeness (QED) is 0.755. The Balaban J connectivity index is 2.01. The van der Waals surface area contributed by atoms with Gasteiger partial charge in [-0.1, -0.05) is 30.1 Å². The number of nitrogens with one attached hydrogen (secondary N) is 1. The largest absolute Gasteiger partial charge is 0.326 e. The first-order valence-corrected chi connectivity index (χ1v) is 8.45. The zero-order chi connectivity index (χ0) is 16.8. The third-order valence-corrected chi connectivity index (χ3v) is 4.27. The van der Waals surface area contributed by atoms with E-state index >= 15 is 0 Å². The maximum atomic E-state index is 12.2. The highest BCUT2D eigenvalue weighted by Crippen LogP contribution is 2.33. The molecule has 23 heavy (non-hydrogen) atoms. The predicted octanol–water partition coefficient (Wildman–Crippen LogP) is 5.04. The molecule has 0 aromatic heterocycles. The van der Waals surface area contributed by atoms with Gasteiger partial charge in [-0.3, -0.25) is 9.59 Å². The third-order valence-electron chi connectivity index (χ3n) is 3.83. The van der Waals surface area contributed by atoms with Gasteiger partial charge < -0.3 is 5.32 Å². The van der Waals surface area contributed by atoms with Crippen LogP contribution >= 0.6 is 23.2 Å². The van der Waals surface area contributed by atoms with Crippen LogP contribution in [-0.4, -0.2) is 11.7 Å². The number of carbonyl (C=O) groups is 2. The lowest BCUT2D eigenvalue weighted by Gasteiger charge is -2.14. The van der Waals surface area contributed by atoms with E-state index in [4.69, 9.17) is 23.2 Å².